The first-order valence-electron chi connectivity index (χ1n) is 7.36. The van der Waals surface area contributed by atoms with Gasteiger partial charge in [-0.3, -0.25) is 4.79 Å². The second kappa shape index (κ2) is 6.29. The Hall–Kier alpha value is -2.18. The number of amides is 1. The highest BCUT2D eigenvalue weighted by molar-refractivity contribution is 5.94. The summed E-state index contributed by atoms with van der Waals surface area (Å²) in [7, 11) is 0. The Kier molecular flexibility index (Phi) is 4.22. The summed E-state index contributed by atoms with van der Waals surface area (Å²) in [5, 5.41) is 9.93. The van der Waals surface area contributed by atoms with Gasteiger partial charge in [0.2, 0.25) is 0 Å². The van der Waals surface area contributed by atoms with Crippen molar-refractivity contribution in [2.45, 2.75) is 19.1 Å². The van der Waals surface area contributed by atoms with Gasteiger partial charge in [0.1, 0.15) is 6.10 Å². The first kappa shape index (κ1) is 14.7. The maximum Gasteiger partial charge on any atom is 0.254 e. The van der Waals surface area contributed by atoms with Crippen molar-refractivity contribution < 1.29 is 14.6 Å². The number of nitrogens with zero attached hydrogens (tertiary/aromatic N) is 3. The molecule has 1 aromatic heterocycles. The zero-order chi connectivity index (χ0) is 15.5. The predicted molar refractivity (Wildman–Crippen MR) is 80.9 cm³/mol. The van der Waals surface area contributed by atoms with Gasteiger partial charge in [0.05, 0.1) is 12.4 Å². The van der Waals surface area contributed by atoms with Crippen LogP contribution in [-0.2, 0) is 4.74 Å². The first-order valence-corrected chi connectivity index (χ1v) is 7.36. The SMILES string of the molecule is CCO[C@@H]1CN(C(=O)c2ccc(-n3ccnc3)cc2)C[C@H]1O. The third kappa shape index (κ3) is 2.88. The molecule has 0 aliphatic carbocycles. The molecule has 2 heterocycles. The van der Waals surface area contributed by atoms with Crippen molar-refractivity contribution in [3.63, 3.8) is 0 Å². The maximum absolute atomic E-state index is 12.5. The van der Waals surface area contributed by atoms with E-state index in [1.165, 1.54) is 0 Å². The van der Waals surface area contributed by atoms with Gasteiger partial charge < -0.3 is 19.3 Å². The normalized spacial score (nSPS) is 21.3. The number of likely N-dealkylation sites (tertiary alicyclic amines) is 1. The fraction of sp³-hybridized carbons (Fsp3) is 0.375. The zero-order valence-corrected chi connectivity index (χ0v) is 12.4. The Balaban J connectivity index is 1.70. The van der Waals surface area contributed by atoms with Crippen LogP contribution in [-0.4, -0.2) is 57.4 Å². The lowest BCUT2D eigenvalue weighted by Gasteiger charge is -2.16. The largest absolute Gasteiger partial charge is 0.388 e. The molecule has 0 bridgehead atoms. The van der Waals surface area contributed by atoms with E-state index in [4.69, 9.17) is 4.74 Å². The molecule has 6 nitrogen and oxygen atoms in total. The summed E-state index contributed by atoms with van der Waals surface area (Å²) in [4.78, 5) is 18.1. The molecule has 2 atom stereocenters. The predicted octanol–water partition coefficient (Wildman–Crippen LogP) is 1.09. The number of aliphatic hydroxyl groups excluding tert-OH is 1. The molecule has 1 N–H and O–H groups in total. The van der Waals surface area contributed by atoms with Crippen LogP contribution in [0.15, 0.2) is 43.0 Å². The number of carbonyl (C=O) groups is 1. The van der Waals surface area contributed by atoms with Crippen molar-refractivity contribution in [2.75, 3.05) is 19.7 Å². The molecule has 0 saturated carbocycles. The molecule has 2 aromatic rings. The zero-order valence-electron chi connectivity index (χ0n) is 12.4. The third-order valence-electron chi connectivity index (χ3n) is 3.82. The van der Waals surface area contributed by atoms with Crippen LogP contribution in [0.3, 0.4) is 0 Å². The molecule has 0 radical (unpaired) electrons. The van der Waals surface area contributed by atoms with Crippen LogP contribution in [0.4, 0.5) is 0 Å². The standard InChI is InChI=1S/C16H19N3O3/c1-2-22-15-10-19(9-14(15)20)16(21)12-3-5-13(6-4-12)18-8-7-17-11-18/h3-8,11,14-15,20H,2,9-10H2,1H3/t14-,15-/m1/s1. The van der Waals surface area contributed by atoms with Gasteiger partial charge in [-0.25, -0.2) is 4.98 Å². The average molecular weight is 301 g/mol. The van der Waals surface area contributed by atoms with Crippen molar-refractivity contribution in [1.29, 1.82) is 0 Å². The van der Waals surface area contributed by atoms with E-state index in [1.54, 1.807) is 29.6 Å². The van der Waals surface area contributed by atoms with E-state index in [1.807, 2.05) is 29.8 Å². The molecule has 1 fully saturated rings. The van der Waals surface area contributed by atoms with Crippen molar-refractivity contribution in [3.05, 3.63) is 48.5 Å². The Bertz CT molecular complexity index is 625. The number of imidazole rings is 1. The van der Waals surface area contributed by atoms with E-state index < -0.39 is 6.10 Å². The monoisotopic (exact) mass is 301 g/mol. The number of hydrogen-bond acceptors (Lipinski definition) is 4. The lowest BCUT2D eigenvalue weighted by Crippen LogP contribution is -2.30. The number of aliphatic hydroxyl groups is 1. The quantitative estimate of drug-likeness (QED) is 0.918. The van der Waals surface area contributed by atoms with Crippen molar-refractivity contribution in [3.8, 4) is 5.69 Å². The van der Waals surface area contributed by atoms with E-state index in [0.717, 1.165) is 5.69 Å². The van der Waals surface area contributed by atoms with Crippen LogP contribution in [0.1, 0.15) is 17.3 Å². The minimum Gasteiger partial charge on any atom is -0.388 e. The van der Waals surface area contributed by atoms with E-state index in [2.05, 4.69) is 4.98 Å². The van der Waals surface area contributed by atoms with E-state index >= 15 is 0 Å². The fourth-order valence-corrected chi connectivity index (χ4v) is 2.67. The minimum atomic E-state index is -0.617. The molecule has 116 valence electrons. The van der Waals surface area contributed by atoms with Crippen molar-refractivity contribution >= 4 is 5.91 Å². The molecule has 0 spiro atoms. The topological polar surface area (TPSA) is 67.6 Å². The molecule has 1 aromatic carbocycles. The third-order valence-corrected chi connectivity index (χ3v) is 3.82. The van der Waals surface area contributed by atoms with Crippen LogP contribution >= 0.6 is 0 Å². The van der Waals surface area contributed by atoms with Gasteiger partial charge in [-0.2, -0.15) is 0 Å². The molecule has 22 heavy (non-hydrogen) atoms. The smallest absolute Gasteiger partial charge is 0.254 e. The summed E-state index contributed by atoms with van der Waals surface area (Å²) >= 11 is 0. The van der Waals surface area contributed by atoms with Gasteiger partial charge in [0.15, 0.2) is 0 Å². The van der Waals surface area contributed by atoms with Crippen LogP contribution in [0.5, 0.6) is 0 Å². The number of rotatable bonds is 4. The highest BCUT2D eigenvalue weighted by Gasteiger charge is 2.34. The number of hydrogen-bond donors (Lipinski definition) is 1. The molecule has 0 unspecified atom stereocenters. The minimum absolute atomic E-state index is 0.0848. The second-order valence-corrected chi connectivity index (χ2v) is 5.29. The molecule has 1 aliphatic rings. The Morgan fingerprint density at radius 1 is 1.36 bits per heavy atom. The van der Waals surface area contributed by atoms with E-state index in [-0.39, 0.29) is 12.0 Å². The van der Waals surface area contributed by atoms with Gasteiger partial charge in [-0.15, -0.1) is 0 Å². The summed E-state index contributed by atoms with van der Waals surface area (Å²) in [6, 6.07) is 7.33. The van der Waals surface area contributed by atoms with Gasteiger partial charge in [-0.1, -0.05) is 0 Å². The lowest BCUT2D eigenvalue weighted by molar-refractivity contribution is -0.00237. The van der Waals surface area contributed by atoms with Crippen LogP contribution in [0.25, 0.3) is 5.69 Å². The summed E-state index contributed by atoms with van der Waals surface area (Å²) in [6.45, 7) is 3.15. The molecular weight excluding hydrogens is 282 g/mol. The van der Waals surface area contributed by atoms with Crippen LogP contribution in [0.2, 0.25) is 0 Å². The summed E-state index contributed by atoms with van der Waals surface area (Å²) < 4.78 is 7.32. The van der Waals surface area contributed by atoms with E-state index in [0.29, 0.717) is 25.3 Å². The van der Waals surface area contributed by atoms with Gasteiger partial charge in [0.25, 0.3) is 5.91 Å². The summed E-state index contributed by atoms with van der Waals surface area (Å²) in [5.41, 5.74) is 1.55. The van der Waals surface area contributed by atoms with E-state index in [9.17, 15) is 9.90 Å². The number of aromatic nitrogens is 2. The van der Waals surface area contributed by atoms with Gasteiger partial charge >= 0.3 is 0 Å². The second-order valence-electron chi connectivity index (χ2n) is 5.29. The summed E-state index contributed by atoms with van der Waals surface area (Å²) in [5.74, 6) is -0.0848. The van der Waals surface area contributed by atoms with Crippen molar-refractivity contribution in [1.82, 2.24) is 14.5 Å². The summed E-state index contributed by atoms with van der Waals surface area (Å²) in [6.07, 6.45) is 4.35. The average Bonchev–Trinajstić information content (AvgIpc) is 3.18. The van der Waals surface area contributed by atoms with Crippen LogP contribution in [0, 0.1) is 0 Å². The lowest BCUT2D eigenvalue weighted by atomic mass is 10.2. The highest BCUT2D eigenvalue weighted by atomic mass is 16.5. The molecular formula is C16H19N3O3. The Morgan fingerprint density at radius 3 is 2.77 bits per heavy atom. The van der Waals surface area contributed by atoms with Gasteiger partial charge in [0, 0.05) is 43.3 Å². The number of carbonyl (C=O) groups excluding carboxylic acids is 1. The maximum atomic E-state index is 12.5. The Labute approximate surface area is 129 Å². The molecule has 1 amide bonds. The highest BCUT2D eigenvalue weighted by Crippen LogP contribution is 2.18. The molecule has 1 saturated heterocycles. The number of β-amino-alcohol motifs (C(OH)–C–C–N with tert-alkyl or cyclic N) is 1. The number of ether oxygens (including phenoxy) is 1. The molecule has 1 aliphatic heterocycles. The molecule has 6 heteroatoms. The molecule has 3 rings (SSSR count). The van der Waals surface area contributed by atoms with Crippen LogP contribution < -0.4 is 0 Å². The number of benzene rings is 1. The van der Waals surface area contributed by atoms with Crippen molar-refractivity contribution in [2.24, 2.45) is 0 Å². The Morgan fingerprint density at radius 2 is 2.14 bits per heavy atom. The first-order chi connectivity index (χ1) is 10.7. The van der Waals surface area contributed by atoms with Gasteiger partial charge in [-0.05, 0) is 31.2 Å². The fourth-order valence-electron chi connectivity index (χ4n) is 2.67.